The molecule has 0 aromatic heterocycles. The zero-order valence-electron chi connectivity index (χ0n) is 10.1. The minimum absolute atomic E-state index is 0.593. The number of halogens is 1. The average Bonchev–Trinajstić information content (AvgIpc) is 2.27. The van der Waals surface area contributed by atoms with Gasteiger partial charge in [-0.2, -0.15) is 0 Å². The molecular formula is C13H17IO3. The maximum Gasteiger partial charge on any atom is 0.347 e. The van der Waals surface area contributed by atoms with Gasteiger partial charge < -0.3 is 9.84 Å². The van der Waals surface area contributed by atoms with Crippen molar-refractivity contribution in [1.29, 1.82) is 0 Å². The van der Waals surface area contributed by atoms with Crippen LogP contribution < -0.4 is 4.74 Å². The second-order valence-electron chi connectivity index (χ2n) is 4.35. The lowest BCUT2D eigenvalue weighted by atomic mass is 10.1. The quantitative estimate of drug-likeness (QED) is 0.634. The van der Waals surface area contributed by atoms with Gasteiger partial charge in [-0.3, -0.25) is 0 Å². The lowest BCUT2D eigenvalue weighted by Crippen LogP contribution is -2.37. The van der Waals surface area contributed by atoms with Crippen molar-refractivity contribution in [2.75, 3.05) is 4.43 Å². The zero-order valence-corrected chi connectivity index (χ0v) is 12.2. The normalized spacial score (nSPS) is 11.2. The Balaban J connectivity index is 2.65. The third-order valence-corrected chi connectivity index (χ3v) is 3.17. The summed E-state index contributed by atoms with van der Waals surface area (Å²) in [5.74, 6) is -0.373. The van der Waals surface area contributed by atoms with Crippen molar-refractivity contribution in [2.45, 2.75) is 32.3 Å². The van der Waals surface area contributed by atoms with Gasteiger partial charge in [-0.15, -0.1) is 0 Å². The molecular weight excluding hydrogens is 331 g/mol. The molecule has 1 N–H and O–H groups in total. The van der Waals surface area contributed by atoms with E-state index in [1.165, 1.54) is 5.56 Å². The number of hydrogen-bond acceptors (Lipinski definition) is 2. The zero-order chi connectivity index (χ0) is 12.9. The van der Waals surface area contributed by atoms with Crippen LogP contribution in [-0.4, -0.2) is 21.1 Å². The predicted octanol–water partition coefficient (Wildman–Crippen LogP) is 3.30. The second-order valence-corrected chi connectivity index (χ2v) is 5.43. The second kappa shape index (κ2) is 6.23. The van der Waals surface area contributed by atoms with Crippen molar-refractivity contribution < 1.29 is 14.6 Å². The van der Waals surface area contributed by atoms with Gasteiger partial charge >= 0.3 is 5.97 Å². The van der Waals surface area contributed by atoms with E-state index in [1.54, 1.807) is 13.8 Å². The van der Waals surface area contributed by atoms with Crippen LogP contribution in [0.1, 0.15) is 25.8 Å². The summed E-state index contributed by atoms with van der Waals surface area (Å²) in [5.41, 5.74) is 0.0612. The minimum atomic E-state index is -1.19. The molecule has 0 atom stereocenters. The summed E-state index contributed by atoms with van der Waals surface area (Å²) in [6.07, 6.45) is 2.20. The third-order valence-electron chi connectivity index (χ3n) is 2.41. The first kappa shape index (κ1) is 14.3. The number of benzene rings is 1. The summed E-state index contributed by atoms with van der Waals surface area (Å²) in [5, 5.41) is 8.95. The molecule has 0 saturated carbocycles. The molecule has 0 amide bonds. The van der Waals surface area contributed by atoms with Crippen molar-refractivity contribution in [3.8, 4) is 5.75 Å². The smallest absolute Gasteiger partial charge is 0.347 e. The first-order valence-electron chi connectivity index (χ1n) is 5.53. The number of ether oxygens (including phenoxy) is 1. The van der Waals surface area contributed by atoms with Gasteiger partial charge in [0.25, 0.3) is 0 Å². The largest absolute Gasteiger partial charge is 0.478 e. The Morgan fingerprint density at radius 1 is 1.35 bits per heavy atom. The van der Waals surface area contributed by atoms with E-state index >= 15 is 0 Å². The molecule has 0 aliphatic carbocycles. The van der Waals surface area contributed by atoms with Crippen LogP contribution in [-0.2, 0) is 11.2 Å². The summed E-state index contributed by atoms with van der Waals surface area (Å²) in [4.78, 5) is 10.9. The molecule has 4 heteroatoms. The number of aliphatic carboxylic acids is 1. The van der Waals surface area contributed by atoms with Gasteiger partial charge in [-0.1, -0.05) is 34.7 Å². The fraction of sp³-hybridized carbons (Fsp3) is 0.462. The highest BCUT2D eigenvalue weighted by molar-refractivity contribution is 14.1. The van der Waals surface area contributed by atoms with Gasteiger partial charge in [0.2, 0.25) is 0 Å². The molecule has 1 aromatic carbocycles. The van der Waals surface area contributed by atoms with Crippen LogP contribution >= 0.6 is 22.6 Å². The Labute approximate surface area is 115 Å². The molecule has 0 fully saturated rings. The van der Waals surface area contributed by atoms with E-state index in [-0.39, 0.29) is 0 Å². The van der Waals surface area contributed by atoms with Gasteiger partial charge in [-0.05, 0) is 48.8 Å². The molecule has 0 aliphatic rings. The molecule has 0 unspecified atom stereocenters. The molecule has 1 aromatic rings. The Kier molecular flexibility index (Phi) is 5.24. The standard InChI is InChI=1S/C13H17IO3/c1-13(2,12(15)16)17-11-7-5-10(6-8-11)4-3-9-14/h5-8H,3-4,9H2,1-2H3,(H,15,16). The maximum absolute atomic E-state index is 10.9. The van der Waals surface area contributed by atoms with E-state index in [0.717, 1.165) is 17.3 Å². The van der Waals surface area contributed by atoms with Crippen LogP contribution in [0, 0.1) is 0 Å². The van der Waals surface area contributed by atoms with Crippen LogP contribution in [0.15, 0.2) is 24.3 Å². The van der Waals surface area contributed by atoms with E-state index in [2.05, 4.69) is 22.6 Å². The summed E-state index contributed by atoms with van der Waals surface area (Å²) < 4.78 is 6.56. The maximum atomic E-state index is 10.9. The lowest BCUT2D eigenvalue weighted by molar-refractivity contribution is -0.152. The van der Waals surface area contributed by atoms with Crippen LogP contribution in [0.2, 0.25) is 0 Å². The monoisotopic (exact) mass is 348 g/mol. The topological polar surface area (TPSA) is 46.5 Å². The SMILES string of the molecule is CC(C)(Oc1ccc(CCCI)cc1)C(=O)O. The molecule has 94 valence electrons. The molecule has 17 heavy (non-hydrogen) atoms. The highest BCUT2D eigenvalue weighted by Gasteiger charge is 2.29. The highest BCUT2D eigenvalue weighted by Crippen LogP contribution is 2.19. The first-order chi connectivity index (χ1) is 7.95. The summed E-state index contributed by atoms with van der Waals surface area (Å²) in [6.45, 7) is 3.08. The number of hydrogen-bond donors (Lipinski definition) is 1. The van der Waals surface area contributed by atoms with E-state index in [1.807, 2.05) is 24.3 Å². The lowest BCUT2D eigenvalue weighted by Gasteiger charge is -2.21. The number of aryl methyl sites for hydroxylation is 1. The first-order valence-corrected chi connectivity index (χ1v) is 7.05. The average molecular weight is 348 g/mol. The van der Waals surface area contributed by atoms with Crippen molar-refractivity contribution >= 4 is 28.6 Å². The van der Waals surface area contributed by atoms with Crippen molar-refractivity contribution in [1.82, 2.24) is 0 Å². The fourth-order valence-electron chi connectivity index (χ4n) is 1.33. The number of carboxylic acid groups (broad SMARTS) is 1. The Morgan fingerprint density at radius 3 is 2.41 bits per heavy atom. The Bertz CT molecular complexity index is 371. The minimum Gasteiger partial charge on any atom is -0.478 e. The number of carbonyl (C=O) groups is 1. The van der Waals surface area contributed by atoms with Gasteiger partial charge in [0.1, 0.15) is 5.75 Å². The van der Waals surface area contributed by atoms with E-state index in [4.69, 9.17) is 9.84 Å². The Morgan fingerprint density at radius 2 is 1.94 bits per heavy atom. The van der Waals surface area contributed by atoms with Gasteiger partial charge in [0.05, 0.1) is 0 Å². The van der Waals surface area contributed by atoms with Crippen LogP contribution in [0.4, 0.5) is 0 Å². The molecule has 3 nitrogen and oxygen atoms in total. The molecule has 0 bridgehead atoms. The molecule has 0 spiro atoms. The van der Waals surface area contributed by atoms with Crippen molar-refractivity contribution in [3.63, 3.8) is 0 Å². The fourth-order valence-corrected chi connectivity index (χ4v) is 1.71. The summed E-state index contributed by atoms with van der Waals surface area (Å²) >= 11 is 2.36. The predicted molar refractivity (Wildman–Crippen MR) is 76.0 cm³/mol. The number of carboxylic acids is 1. The van der Waals surface area contributed by atoms with E-state index in [9.17, 15) is 4.79 Å². The Hall–Kier alpha value is -0.780. The number of alkyl halides is 1. The highest BCUT2D eigenvalue weighted by atomic mass is 127. The van der Waals surface area contributed by atoms with Crippen LogP contribution in [0.5, 0.6) is 5.75 Å². The molecule has 0 heterocycles. The van der Waals surface area contributed by atoms with Gasteiger partial charge in [-0.25, -0.2) is 4.79 Å². The number of rotatable bonds is 6. The van der Waals surface area contributed by atoms with Crippen molar-refractivity contribution in [3.05, 3.63) is 29.8 Å². The summed E-state index contributed by atoms with van der Waals surface area (Å²) in [7, 11) is 0. The van der Waals surface area contributed by atoms with Gasteiger partial charge in [0.15, 0.2) is 5.60 Å². The van der Waals surface area contributed by atoms with E-state index < -0.39 is 11.6 Å². The molecule has 0 aliphatic heterocycles. The van der Waals surface area contributed by atoms with Gasteiger partial charge in [0, 0.05) is 0 Å². The van der Waals surface area contributed by atoms with Crippen molar-refractivity contribution in [2.24, 2.45) is 0 Å². The summed E-state index contributed by atoms with van der Waals surface area (Å²) in [6, 6.07) is 7.62. The van der Waals surface area contributed by atoms with Crippen LogP contribution in [0.3, 0.4) is 0 Å². The van der Waals surface area contributed by atoms with E-state index in [0.29, 0.717) is 5.75 Å². The molecule has 0 radical (unpaired) electrons. The molecule has 0 saturated heterocycles. The third kappa shape index (κ3) is 4.53. The molecule has 1 rings (SSSR count). The van der Waals surface area contributed by atoms with Crippen LogP contribution in [0.25, 0.3) is 0 Å².